The van der Waals surface area contributed by atoms with Crippen LogP contribution in [0.3, 0.4) is 0 Å². The zero-order chi connectivity index (χ0) is 27.9. The number of nitrogens with zero attached hydrogens (tertiary/aromatic N) is 2. The molecule has 0 aliphatic carbocycles. The fourth-order valence-corrected chi connectivity index (χ4v) is 3.74. The maximum absolute atomic E-state index is 16.5. The lowest BCUT2D eigenvalue weighted by molar-refractivity contribution is 0.0122. The number of hydrogen-bond acceptors (Lipinski definition) is 7. The Kier molecular flexibility index (Phi) is 7.80. The first kappa shape index (κ1) is 29.4. The van der Waals surface area contributed by atoms with Gasteiger partial charge >= 0.3 is 12.2 Å². The third-order valence-electron chi connectivity index (χ3n) is 5.74. The van der Waals surface area contributed by atoms with E-state index in [0.29, 0.717) is 17.0 Å². The standard InChI is InChI=1S/C27H42FN3O5/c1-23(2,3)20(31(21(32)35-24(4,5)6)22(33)36-25(7,8)9)30-27(11)18-16-17(29)12-13-19(18)34-15-14-26(27,10)28/h12-13,16H,14-15,29H2,1-11H3. The summed E-state index contributed by atoms with van der Waals surface area (Å²) in [6, 6.07) is 4.96. The molecular formula is C27H42FN3O5. The number of ether oxygens (including phenoxy) is 3. The Balaban J connectivity index is 2.88. The van der Waals surface area contributed by atoms with Gasteiger partial charge in [0.2, 0.25) is 0 Å². The van der Waals surface area contributed by atoms with Crippen LogP contribution in [0.25, 0.3) is 0 Å². The molecule has 1 aromatic rings. The fraction of sp³-hybridized carbons (Fsp3) is 0.667. The predicted octanol–water partition coefficient (Wildman–Crippen LogP) is 6.61. The molecule has 0 fully saturated rings. The first-order valence-corrected chi connectivity index (χ1v) is 12.2. The van der Waals surface area contributed by atoms with Crippen molar-refractivity contribution in [2.75, 3.05) is 12.3 Å². The van der Waals surface area contributed by atoms with E-state index in [9.17, 15) is 9.59 Å². The second kappa shape index (κ2) is 9.56. The highest BCUT2D eigenvalue weighted by Gasteiger charge is 2.52. The molecule has 36 heavy (non-hydrogen) atoms. The van der Waals surface area contributed by atoms with Crippen molar-refractivity contribution in [3.8, 4) is 5.75 Å². The van der Waals surface area contributed by atoms with Gasteiger partial charge in [-0.2, -0.15) is 4.90 Å². The van der Waals surface area contributed by atoms with Crippen molar-refractivity contribution in [2.24, 2.45) is 10.4 Å². The molecule has 8 nitrogen and oxygen atoms in total. The number of imide groups is 1. The molecule has 1 aliphatic heterocycles. The quantitative estimate of drug-likeness (QED) is 0.261. The largest absolute Gasteiger partial charge is 0.493 e. The number of benzene rings is 1. The number of aliphatic imine (C=N–C) groups is 1. The van der Waals surface area contributed by atoms with Crippen LogP contribution in [0.15, 0.2) is 23.2 Å². The van der Waals surface area contributed by atoms with Crippen molar-refractivity contribution < 1.29 is 28.2 Å². The summed E-state index contributed by atoms with van der Waals surface area (Å²) < 4.78 is 33.4. The topological polar surface area (TPSA) is 103 Å². The Labute approximate surface area is 214 Å². The third-order valence-corrected chi connectivity index (χ3v) is 5.74. The lowest BCUT2D eigenvalue weighted by Gasteiger charge is -2.40. The zero-order valence-electron chi connectivity index (χ0n) is 23.5. The van der Waals surface area contributed by atoms with Gasteiger partial charge in [-0.15, -0.1) is 0 Å². The van der Waals surface area contributed by atoms with Gasteiger partial charge in [-0.25, -0.2) is 14.0 Å². The second-order valence-corrected chi connectivity index (χ2v) is 12.6. The number of carbonyl (C=O) groups is 2. The van der Waals surface area contributed by atoms with Crippen molar-refractivity contribution in [2.45, 2.75) is 105 Å². The van der Waals surface area contributed by atoms with E-state index >= 15 is 4.39 Å². The molecule has 2 rings (SSSR count). The van der Waals surface area contributed by atoms with E-state index in [1.807, 2.05) is 0 Å². The number of amides is 2. The van der Waals surface area contributed by atoms with Gasteiger partial charge in [-0.1, -0.05) is 20.8 Å². The first-order chi connectivity index (χ1) is 16.1. The number of carbonyl (C=O) groups excluding carboxylic acids is 2. The van der Waals surface area contributed by atoms with Crippen molar-refractivity contribution >= 4 is 23.7 Å². The summed E-state index contributed by atoms with van der Waals surface area (Å²) in [6.45, 7) is 18.6. The van der Waals surface area contributed by atoms with Gasteiger partial charge in [-0.3, -0.25) is 4.99 Å². The number of nitrogen functional groups attached to an aromatic ring is 1. The smallest absolute Gasteiger partial charge is 0.425 e. The van der Waals surface area contributed by atoms with Gasteiger partial charge in [0.05, 0.1) is 6.61 Å². The van der Waals surface area contributed by atoms with Crippen LogP contribution in [0.5, 0.6) is 5.75 Å². The van der Waals surface area contributed by atoms with E-state index in [0.717, 1.165) is 4.90 Å². The SMILES string of the molecule is CC(C)(C)OC(=O)N(C(=O)OC(C)(C)C)C(=NC1(C)c2cc(N)ccc2OCCC1(C)F)C(C)(C)C. The first-order valence-electron chi connectivity index (χ1n) is 12.2. The van der Waals surface area contributed by atoms with Gasteiger partial charge in [0.1, 0.15) is 34.0 Å². The molecule has 1 aromatic carbocycles. The highest BCUT2D eigenvalue weighted by Crippen LogP contribution is 2.49. The van der Waals surface area contributed by atoms with Crippen LogP contribution in [0.4, 0.5) is 19.7 Å². The number of fused-ring (bicyclic) bond motifs is 1. The lowest BCUT2D eigenvalue weighted by Crippen LogP contribution is -2.53. The van der Waals surface area contributed by atoms with Crippen LogP contribution in [-0.2, 0) is 15.0 Å². The molecule has 0 bridgehead atoms. The molecule has 1 aliphatic rings. The summed E-state index contributed by atoms with van der Waals surface area (Å²) in [7, 11) is 0. The average molecular weight is 508 g/mol. The number of amidine groups is 1. The molecule has 9 heteroatoms. The Morgan fingerprint density at radius 2 is 1.50 bits per heavy atom. The van der Waals surface area contributed by atoms with E-state index in [2.05, 4.69) is 0 Å². The van der Waals surface area contributed by atoms with E-state index in [1.54, 1.807) is 87.4 Å². The molecule has 0 saturated carbocycles. The zero-order valence-corrected chi connectivity index (χ0v) is 23.5. The van der Waals surface area contributed by atoms with Crippen LogP contribution < -0.4 is 10.5 Å². The summed E-state index contributed by atoms with van der Waals surface area (Å²) in [5.41, 5.74) is 0.687. The van der Waals surface area contributed by atoms with E-state index in [-0.39, 0.29) is 18.9 Å². The van der Waals surface area contributed by atoms with Crippen molar-refractivity contribution in [3.63, 3.8) is 0 Å². The Morgan fingerprint density at radius 3 is 1.94 bits per heavy atom. The number of hydrogen-bond donors (Lipinski definition) is 1. The van der Waals surface area contributed by atoms with Crippen LogP contribution in [0, 0.1) is 5.41 Å². The number of anilines is 1. The maximum Gasteiger partial charge on any atom is 0.425 e. The molecule has 0 aromatic heterocycles. The molecule has 2 atom stereocenters. The summed E-state index contributed by atoms with van der Waals surface area (Å²) >= 11 is 0. The van der Waals surface area contributed by atoms with Gasteiger partial charge in [0.15, 0.2) is 0 Å². The summed E-state index contributed by atoms with van der Waals surface area (Å²) in [5.74, 6) is 0.429. The Bertz CT molecular complexity index is 1000. The number of halogens is 1. The molecule has 202 valence electrons. The second-order valence-electron chi connectivity index (χ2n) is 12.6. The highest BCUT2D eigenvalue weighted by molar-refractivity contribution is 6.10. The third kappa shape index (κ3) is 6.68. The van der Waals surface area contributed by atoms with Gasteiger partial charge in [0, 0.05) is 23.1 Å². The molecule has 0 spiro atoms. The highest BCUT2D eigenvalue weighted by atomic mass is 19.1. The van der Waals surface area contributed by atoms with Gasteiger partial charge < -0.3 is 19.9 Å². The van der Waals surface area contributed by atoms with Crippen molar-refractivity contribution in [1.82, 2.24) is 4.90 Å². The summed E-state index contributed by atoms with van der Waals surface area (Å²) in [5, 5.41) is 0. The molecule has 2 amide bonds. The minimum absolute atomic E-state index is 0.00681. The van der Waals surface area contributed by atoms with Crippen molar-refractivity contribution in [1.29, 1.82) is 0 Å². The van der Waals surface area contributed by atoms with Crippen LogP contribution >= 0.6 is 0 Å². The molecule has 0 saturated heterocycles. The van der Waals surface area contributed by atoms with Crippen molar-refractivity contribution in [3.05, 3.63) is 23.8 Å². The van der Waals surface area contributed by atoms with Crippen LogP contribution in [-0.4, -0.2) is 46.4 Å². The van der Waals surface area contributed by atoms with Crippen LogP contribution in [0.2, 0.25) is 0 Å². The van der Waals surface area contributed by atoms with Gasteiger partial charge in [0.25, 0.3) is 0 Å². The minimum Gasteiger partial charge on any atom is -0.493 e. The Morgan fingerprint density at radius 1 is 1.00 bits per heavy atom. The molecular weight excluding hydrogens is 465 g/mol. The summed E-state index contributed by atoms with van der Waals surface area (Å²) in [4.78, 5) is 32.5. The molecule has 1 heterocycles. The van der Waals surface area contributed by atoms with E-state index in [4.69, 9.17) is 24.9 Å². The predicted molar refractivity (Wildman–Crippen MR) is 139 cm³/mol. The van der Waals surface area contributed by atoms with Crippen LogP contribution in [0.1, 0.15) is 88.1 Å². The lowest BCUT2D eigenvalue weighted by atomic mass is 9.76. The summed E-state index contributed by atoms with van der Waals surface area (Å²) in [6.07, 6.45) is -1.91. The van der Waals surface area contributed by atoms with E-state index < -0.39 is 40.0 Å². The average Bonchev–Trinajstić information content (AvgIpc) is 2.73. The molecule has 2 N–H and O–H groups in total. The number of alkyl halides is 1. The Hall–Kier alpha value is -2.84. The number of rotatable bonds is 1. The monoisotopic (exact) mass is 507 g/mol. The maximum atomic E-state index is 16.5. The minimum atomic E-state index is -1.92. The number of nitrogens with two attached hydrogens (primary N) is 1. The molecule has 2 unspecified atom stereocenters. The fourth-order valence-electron chi connectivity index (χ4n) is 3.74. The normalized spacial score (nSPS) is 23.2. The van der Waals surface area contributed by atoms with E-state index in [1.165, 1.54) is 6.92 Å². The van der Waals surface area contributed by atoms with Gasteiger partial charge in [-0.05, 0) is 73.6 Å². The molecule has 0 radical (unpaired) electrons.